The molecule has 2 aromatic rings. The third-order valence-corrected chi connectivity index (χ3v) is 3.17. The second-order valence-corrected chi connectivity index (χ2v) is 5.14. The van der Waals surface area contributed by atoms with E-state index in [1.807, 2.05) is 19.1 Å². The summed E-state index contributed by atoms with van der Waals surface area (Å²) >= 11 is 5.93. The van der Waals surface area contributed by atoms with Gasteiger partial charge in [-0.25, -0.2) is 4.68 Å². The molecule has 0 fully saturated rings. The quantitative estimate of drug-likeness (QED) is 0.883. The van der Waals surface area contributed by atoms with Gasteiger partial charge in [0.25, 0.3) is 5.91 Å². The van der Waals surface area contributed by atoms with Gasteiger partial charge in [0, 0.05) is 17.8 Å². The highest BCUT2D eigenvalue weighted by molar-refractivity contribution is 6.30. The lowest BCUT2D eigenvalue weighted by Crippen LogP contribution is -2.31. The number of benzene rings is 1. The molecule has 1 atom stereocenters. The van der Waals surface area contributed by atoms with E-state index in [0.717, 1.165) is 5.69 Å². The van der Waals surface area contributed by atoms with Crippen molar-refractivity contribution in [3.05, 3.63) is 47.2 Å². The highest BCUT2D eigenvalue weighted by Gasteiger charge is 2.10. The maximum atomic E-state index is 11.9. The Balaban J connectivity index is 2.07. The minimum Gasteiger partial charge on any atom is -0.352 e. The molecule has 0 bridgehead atoms. The predicted octanol–water partition coefficient (Wildman–Crippen LogP) is 1.85. The number of nitrogens with zero attached hydrogens (tertiary/aromatic N) is 2. The van der Waals surface area contributed by atoms with Gasteiger partial charge in [-0.2, -0.15) is 5.10 Å². The molecular weight excluding hydrogens is 276 g/mol. The summed E-state index contributed by atoms with van der Waals surface area (Å²) in [6.07, 6.45) is 3.21. The van der Waals surface area contributed by atoms with E-state index in [1.54, 1.807) is 23.0 Å². The van der Waals surface area contributed by atoms with Crippen molar-refractivity contribution in [3.8, 4) is 5.69 Å². The summed E-state index contributed by atoms with van der Waals surface area (Å²) < 4.78 is 1.62. The molecule has 0 spiro atoms. The second kappa shape index (κ2) is 6.54. The number of rotatable bonds is 5. The van der Waals surface area contributed by atoms with E-state index in [9.17, 15) is 4.79 Å². The minimum absolute atomic E-state index is 0.154. The van der Waals surface area contributed by atoms with Gasteiger partial charge in [-0.05, 0) is 30.7 Å². The van der Waals surface area contributed by atoms with Crippen LogP contribution in [0, 0.1) is 5.92 Å². The Morgan fingerprint density at radius 3 is 3.05 bits per heavy atom. The SMILES string of the molecule is CC(CN)CNC(=O)c1cnn(-c2cccc(Cl)c2)c1. The molecule has 1 aromatic carbocycles. The van der Waals surface area contributed by atoms with Gasteiger partial charge in [0.05, 0.1) is 17.4 Å². The lowest BCUT2D eigenvalue weighted by atomic mass is 10.2. The Hall–Kier alpha value is -1.85. The van der Waals surface area contributed by atoms with E-state index in [4.69, 9.17) is 17.3 Å². The van der Waals surface area contributed by atoms with Gasteiger partial charge in [-0.15, -0.1) is 0 Å². The average molecular weight is 293 g/mol. The lowest BCUT2D eigenvalue weighted by molar-refractivity contribution is 0.0948. The average Bonchev–Trinajstić information content (AvgIpc) is 2.94. The van der Waals surface area contributed by atoms with Crippen LogP contribution in [-0.4, -0.2) is 28.8 Å². The molecule has 2 rings (SSSR count). The number of aromatic nitrogens is 2. The summed E-state index contributed by atoms with van der Waals surface area (Å²) in [5.74, 6) is 0.0977. The first-order chi connectivity index (χ1) is 9.60. The molecule has 106 valence electrons. The normalized spacial score (nSPS) is 12.2. The van der Waals surface area contributed by atoms with Crippen molar-refractivity contribution >= 4 is 17.5 Å². The third kappa shape index (κ3) is 3.59. The molecule has 5 nitrogen and oxygen atoms in total. The van der Waals surface area contributed by atoms with Crippen molar-refractivity contribution in [1.82, 2.24) is 15.1 Å². The predicted molar refractivity (Wildman–Crippen MR) is 79.1 cm³/mol. The van der Waals surface area contributed by atoms with Crippen LogP contribution in [0.2, 0.25) is 5.02 Å². The van der Waals surface area contributed by atoms with E-state index >= 15 is 0 Å². The van der Waals surface area contributed by atoms with Crippen LogP contribution in [0.3, 0.4) is 0 Å². The highest BCUT2D eigenvalue weighted by atomic mass is 35.5. The third-order valence-electron chi connectivity index (χ3n) is 2.93. The number of nitrogens with one attached hydrogen (secondary N) is 1. The Kier molecular flexibility index (Phi) is 4.76. The number of hydrogen-bond donors (Lipinski definition) is 2. The van der Waals surface area contributed by atoms with Crippen molar-refractivity contribution in [2.45, 2.75) is 6.92 Å². The van der Waals surface area contributed by atoms with Gasteiger partial charge in [-0.3, -0.25) is 4.79 Å². The summed E-state index contributed by atoms with van der Waals surface area (Å²) in [6, 6.07) is 7.28. The molecule has 0 aliphatic carbocycles. The van der Waals surface area contributed by atoms with Gasteiger partial charge in [0.2, 0.25) is 0 Å². The van der Waals surface area contributed by atoms with Crippen LogP contribution in [0.15, 0.2) is 36.7 Å². The van der Waals surface area contributed by atoms with Gasteiger partial charge in [0.15, 0.2) is 0 Å². The largest absolute Gasteiger partial charge is 0.352 e. The van der Waals surface area contributed by atoms with Crippen molar-refractivity contribution in [2.75, 3.05) is 13.1 Å². The van der Waals surface area contributed by atoms with Crippen LogP contribution in [0.25, 0.3) is 5.69 Å². The van der Waals surface area contributed by atoms with Crippen molar-refractivity contribution < 1.29 is 4.79 Å². The molecule has 0 aliphatic heterocycles. The summed E-state index contributed by atoms with van der Waals surface area (Å²) in [5.41, 5.74) is 6.83. The maximum absolute atomic E-state index is 11.9. The zero-order valence-corrected chi connectivity index (χ0v) is 12.0. The van der Waals surface area contributed by atoms with Gasteiger partial charge in [-0.1, -0.05) is 24.6 Å². The van der Waals surface area contributed by atoms with E-state index in [2.05, 4.69) is 10.4 Å². The molecule has 1 aromatic heterocycles. The Morgan fingerprint density at radius 2 is 2.35 bits per heavy atom. The summed E-state index contributed by atoms with van der Waals surface area (Å²) in [5, 5.41) is 7.62. The van der Waals surface area contributed by atoms with E-state index in [0.29, 0.717) is 23.7 Å². The Labute approximate surface area is 122 Å². The molecular formula is C14H17ClN4O. The fraction of sp³-hybridized carbons (Fsp3) is 0.286. The number of hydrogen-bond acceptors (Lipinski definition) is 3. The molecule has 0 aliphatic rings. The number of amides is 1. The monoisotopic (exact) mass is 292 g/mol. The number of nitrogens with two attached hydrogens (primary N) is 1. The molecule has 1 amide bonds. The fourth-order valence-electron chi connectivity index (χ4n) is 1.65. The first kappa shape index (κ1) is 14.6. The van der Waals surface area contributed by atoms with E-state index < -0.39 is 0 Å². The fourth-order valence-corrected chi connectivity index (χ4v) is 1.84. The Morgan fingerprint density at radius 1 is 1.55 bits per heavy atom. The molecule has 1 heterocycles. The lowest BCUT2D eigenvalue weighted by Gasteiger charge is -2.08. The van der Waals surface area contributed by atoms with E-state index in [-0.39, 0.29) is 11.8 Å². The van der Waals surface area contributed by atoms with Crippen LogP contribution in [-0.2, 0) is 0 Å². The smallest absolute Gasteiger partial charge is 0.254 e. The number of halogens is 1. The van der Waals surface area contributed by atoms with Crippen LogP contribution in [0.5, 0.6) is 0 Å². The van der Waals surface area contributed by atoms with Crippen LogP contribution in [0.1, 0.15) is 17.3 Å². The Bertz CT molecular complexity index is 596. The minimum atomic E-state index is -0.154. The number of carbonyl (C=O) groups excluding carboxylic acids is 1. The van der Waals surface area contributed by atoms with Crippen LogP contribution < -0.4 is 11.1 Å². The van der Waals surface area contributed by atoms with Crippen molar-refractivity contribution in [2.24, 2.45) is 11.7 Å². The molecule has 20 heavy (non-hydrogen) atoms. The summed E-state index contributed by atoms with van der Waals surface area (Å²) in [7, 11) is 0. The zero-order valence-electron chi connectivity index (χ0n) is 11.2. The standard InChI is InChI=1S/C14H17ClN4O/c1-10(6-16)7-17-14(20)11-8-18-19(9-11)13-4-2-3-12(15)5-13/h2-5,8-10H,6-7,16H2,1H3,(H,17,20). The van der Waals surface area contributed by atoms with Gasteiger partial charge < -0.3 is 11.1 Å². The van der Waals surface area contributed by atoms with Gasteiger partial charge in [0.1, 0.15) is 0 Å². The molecule has 6 heteroatoms. The molecule has 0 saturated heterocycles. The van der Waals surface area contributed by atoms with E-state index in [1.165, 1.54) is 6.20 Å². The molecule has 0 radical (unpaired) electrons. The summed E-state index contributed by atoms with van der Waals surface area (Å²) in [6.45, 7) is 3.08. The molecule has 0 saturated carbocycles. The number of carbonyl (C=O) groups is 1. The van der Waals surface area contributed by atoms with Crippen molar-refractivity contribution in [3.63, 3.8) is 0 Å². The van der Waals surface area contributed by atoms with Crippen LogP contribution >= 0.6 is 11.6 Å². The zero-order chi connectivity index (χ0) is 14.5. The molecule has 1 unspecified atom stereocenters. The first-order valence-electron chi connectivity index (χ1n) is 6.39. The first-order valence-corrected chi connectivity index (χ1v) is 6.77. The second-order valence-electron chi connectivity index (χ2n) is 4.70. The molecule has 3 N–H and O–H groups in total. The highest BCUT2D eigenvalue weighted by Crippen LogP contribution is 2.14. The van der Waals surface area contributed by atoms with Crippen molar-refractivity contribution in [1.29, 1.82) is 0 Å². The van der Waals surface area contributed by atoms with Gasteiger partial charge >= 0.3 is 0 Å². The maximum Gasteiger partial charge on any atom is 0.254 e. The topological polar surface area (TPSA) is 72.9 Å². The summed E-state index contributed by atoms with van der Waals surface area (Å²) in [4.78, 5) is 11.9. The van der Waals surface area contributed by atoms with Crippen LogP contribution in [0.4, 0.5) is 0 Å².